The summed E-state index contributed by atoms with van der Waals surface area (Å²) in [6.07, 6.45) is 3.06. The van der Waals surface area contributed by atoms with Gasteiger partial charge in [-0.05, 0) is 13.0 Å². The highest BCUT2D eigenvalue weighted by molar-refractivity contribution is 6.58. The van der Waals surface area contributed by atoms with Crippen molar-refractivity contribution in [3.8, 4) is 0 Å². The fourth-order valence-electron chi connectivity index (χ4n) is 1.72. The molecule has 16 heavy (non-hydrogen) atoms. The molecule has 2 aliphatic rings. The molecule has 2 nitrogen and oxygen atoms in total. The van der Waals surface area contributed by atoms with E-state index in [9.17, 15) is 0 Å². The van der Waals surface area contributed by atoms with Gasteiger partial charge in [0.2, 0.25) is 0 Å². The molecule has 6 heteroatoms. The zero-order chi connectivity index (χ0) is 12.0. The number of fused-ring (bicyclic) bond motifs is 2. The maximum absolute atomic E-state index is 6.16. The summed E-state index contributed by atoms with van der Waals surface area (Å²) in [4.78, 5) is 0. The predicted molar refractivity (Wildman–Crippen MR) is 66.4 cm³/mol. The monoisotopic (exact) mass is 302 g/mol. The average Bonchev–Trinajstić information content (AvgIpc) is 2.67. The normalized spacial score (nSPS) is 35.9. The zero-order valence-corrected chi connectivity index (χ0v) is 11.5. The Morgan fingerprint density at radius 3 is 2.69 bits per heavy atom. The average molecular weight is 304 g/mol. The Labute approximate surface area is 114 Å². The summed E-state index contributed by atoms with van der Waals surface area (Å²) in [7, 11) is 0. The maximum Gasteiger partial charge on any atom is 0.184 e. The minimum absolute atomic E-state index is 0.207. The van der Waals surface area contributed by atoms with Gasteiger partial charge in [-0.15, -0.1) is 0 Å². The van der Waals surface area contributed by atoms with Crippen molar-refractivity contribution in [2.24, 2.45) is 0 Å². The van der Waals surface area contributed by atoms with Crippen LogP contribution in [-0.2, 0) is 9.47 Å². The smallest absolute Gasteiger partial charge is 0.184 e. The zero-order valence-electron chi connectivity index (χ0n) is 8.47. The summed E-state index contributed by atoms with van der Waals surface area (Å²) in [5, 5.41) is 0.496. The van der Waals surface area contributed by atoms with Crippen LogP contribution in [0.2, 0.25) is 0 Å². The highest BCUT2D eigenvalue weighted by Crippen LogP contribution is 2.53. The minimum atomic E-state index is -1.32. The van der Waals surface area contributed by atoms with Gasteiger partial charge in [0, 0.05) is 6.61 Å². The summed E-state index contributed by atoms with van der Waals surface area (Å²) in [6, 6.07) is 0. The molecule has 0 saturated heterocycles. The molecule has 0 N–H and O–H groups in total. The molecule has 0 aliphatic carbocycles. The molecule has 2 aliphatic heterocycles. The Bertz CT molecular complexity index is 364. The minimum Gasteiger partial charge on any atom is -0.378 e. The Morgan fingerprint density at radius 2 is 2.06 bits per heavy atom. The molecule has 0 amide bonds. The first-order valence-electron chi connectivity index (χ1n) is 4.83. The van der Waals surface area contributed by atoms with Gasteiger partial charge < -0.3 is 9.47 Å². The largest absolute Gasteiger partial charge is 0.378 e. The Morgan fingerprint density at radius 1 is 1.38 bits per heavy atom. The molecule has 2 bridgehead atoms. The SMILES string of the molecule is CCOC[C@]12C=C[C@H](O1)C(Cl)(Cl)C(Cl)=C2Cl. The molecule has 2 heterocycles. The highest BCUT2D eigenvalue weighted by Gasteiger charge is 2.55. The van der Waals surface area contributed by atoms with E-state index < -0.39 is 16.0 Å². The second-order valence-corrected chi connectivity index (χ2v) is 5.82. The van der Waals surface area contributed by atoms with Gasteiger partial charge >= 0.3 is 0 Å². The molecule has 0 fully saturated rings. The highest BCUT2D eigenvalue weighted by atomic mass is 35.5. The summed E-state index contributed by atoms with van der Waals surface area (Å²) in [5.41, 5.74) is -0.827. The molecular weight excluding hydrogens is 294 g/mol. The van der Waals surface area contributed by atoms with Gasteiger partial charge in [-0.1, -0.05) is 52.5 Å². The molecule has 0 aromatic heterocycles. The fraction of sp³-hybridized carbons (Fsp3) is 0.600. The number of alkyl halides is 2. The lowest BCUT2D eigenvalue weighted by Crippen LogP contribution is -2.46. The first kappa shape index (κ1) is 13.0. The Kier molecular flexibility index (Phi) is 3.53. The molecular formula is C10H10Cl4O2. The summed E-state index contributed by atoms with van der Waals surface area (Å²) < 4.78 is 9.73. The molecule has 2 atom stereocenters. The molecule has 0 aromatic rings. The van der Waals surface area contributed by atoms with Gasteiger partial charge in [0.15, 0.2) is 4.33 Å². The predicted octanol–water partition coefficient (Wildman–Crippen LogP) is 3.59. The first-order chi connectivity index (χ1) is 7.44. The summed E-state index contributed by atoms with van der Waals surface area (Å²) >= 11 is 24.4. The van der Waals surface area contributed by atoms with E-state index >= 15 is 0 Å². The van der Waals surface area contributed by atoms with Gasteiger partial charge in [-0.2, -0.15) is 0 Å². The van der Waals surface area contributed by atoms with Crippen molar-refractivity contribution in [3.63, 3.8) is 0 Å². The summed E-state index contributed by atoms with van der Waals surface area (Å²) in [5.74, 6) is 0. The van der Waals surface area contributed by atoms with Crippen molar-refractivity contribution >= 4 is 46.4 Å². The summed E-state index contributed by atoms with van der Waals surface area (Å²) in [6.45, 7) is 2.76. The van der Waals surface area contributed by atoms with Crippen molar-refractivity contribution < 1.29 is 9.47 Å². The molecule has 0 aromatic carbocycles. The maximum atomic E-state index is 6.16. The quantitative estimate of drug-likeness (QED) is 0.586. The van der Waals surface area contributed by atoms with Gasteiger partial charge in [0.1, 0.15) is 11.7 Å². The number of ether oxygens (including phenoxy) is 2. The Hall–Kier alpha value is 0.560. The molecule has 0 unspecified atom stereocenters. The van der Waals surface area contributed by atoms with Crippen molar-refractivity contribution in [3.05, 3.63) is 22.2 Å². The number of hydrogen-bond acceptors (Lipinski definition) is 2. The standard InChI is InChI=1S/C10H10Cl4O2/c1-2-15-5-9-4-3-6(16-9)10(13,14)8(12)7(9)11/h3-4,6H,2,5H2,1H3/t6-,9-/m0/s1. The second kappa shape index (κ2) is 4.34. The van der Waals surface area contributed by atoms with Gasteiger partial charge in [0.05, 0.1) is 16.7 Å². The van der Waals surface area contributed by atoms with Crippen LogP contribution in [0.4, 0.5) is 0 Å². The lowest BCUT2D eigenvalue weighted by Gasteiger charge is -2.38. The number of rotatable bonds is 3. The van der Waals surface area contributed by atoms with E-state index in [1.807, 2.05) is 6.92 Å². The Balaban J connectivity index is 2.37. The molecule has 0 saturated carbocycles. The lowest BCUT2D eigenvalue weighted by atomic mass is 10.0. The van der Waals surface area contributed by atoms with Crippen molar-refractivity contribution in [1.82, 2.24) is 0 Å². The first-order valence-corrected chi connectivity index (χ1v) is 6.34. The molecule has 0 radical (unpaired) electrons. The van der Waals surface area contributed by atoms with E-state index in [-0.39, 0.29) is 10.1 Å². The molecule has 2 rings (SSSR count). The topological polar surface area (TPSA) is 18.5 Å². The van der Waals surface area contributed by atoms with Crippen LogP contribution in [0, 0.1) is 0 Å². The third kappa shape index (κ3) is 1.80. The van der Waals surface area contributed by atoms with E-state index in [1.165, 1.54) is 0 Å². The molecule has 0 spiro atoms. The van der Waals surface area contributed by atoms with Crippen LogP contribution in [0.25, 0.3) is 0 Å². The van der Waals surface area contributed by atoms with Crippen LogP contribution in [0.5, 0.6) is 0 Å². The van der Waals surface area contributed by atoms with Crippen LogP contribution >= 0.6 is 46.4 Å². The number of halogens is 4. The second-order valence-electron chi connectivity index (χ2n) is 3.68. The fourth-order valence-corrected chi connectivity index (χ4v) is 2.82. The third-order valence-electron chi connectivity index (χ3n) is 2.61. The van der Waals surface area contributed by atoms with Crippen LogP contribution in [0.1, 0.15) is 6.92 Å². The molecule has 90 valence electrons. The van der Waals surface area contributed by atoms with E-state index in [4.69, 9.17) is 55.9 Å². The van der Waals surface area contributed by atoms with Gasteiger partial charge in [0.25, 0.3) is 0 Å². The van der Waals surface area contributed by atoms with E-state index in [2.05, 4.69) is 0 Å². The van der Waals surface area contributed by atoms with E-state index in [0.717, 1.165) is 0 Å². The lowest BCUT2D eigenvalue weighted by molar-refractivity contribution is -0.0572. The van der Waals surface area contributed by atoms with Crippen LogP contribution in [-0.4, -0.2) is 29.3 Å². The van der Waals surface area contributed by atoms with Gasteiger partial charge in [-0.3, -0.25) is 0 Å². The van der Waals surface area contributed by atoms with Crippen LogP contribution in [0.15, 0.2) is 22.2 Å². The number of hydrogen-bond donors (Lipinski definition) is 0. The van der Waals surface area contributed by atoms with Gasteiger partial charge in [-0.25, -0.2) is 0 Å². The third-order valence-corrected chi connectivity index (χ3v) is 4.71. The van der Waals surface area contributed by atoms with Crippen LogP contribution < -0.4 is 0 Å². The van der Waals surface area contributed by atoms with Crippen molar-refractivity contribution in [2.45, 2.75) is 23.0 Å². The van der Waals surface area contributed by atoms with Crippen LogP contribution in [0.3, 0.4) is 0 Å². The van der Waals surface area contributed by atoms with E-state index in [0.29, 0.717) is 13.2 Å². The van der Waals surface area contributed by atoms with E-state index in [1.54, 1.807) is 12.2 Å². The van der Waals surface area contributed by atoms with Crippen molar-refractivity contribution in [1.29, 1.82) is 0 Å². The van der Waals surface area contributed by atoms with Crippen molar-refractivity contribution in [2.75, 3.05) is 13.2 Å².